The maximum atomic E-state index is 6.41. The Balaban J connectivity index is 1.74. The summed E-state index contributed by atoms with van der Waals surface area (Å²) in [6.07, 6.45) is 5.74. The predicted molar refractivity (Wildman–Crippen MR) is 130 cm³/mol. The molecule has 0 aliphatic carbocycles. The largest absolute Gasteiger partial charge is 0.398 e. The highest BCUT2D eigenvalue weighted by atomic mass is 35.5. The number of nitrogen functional groups attached to an aromatic ring is 1. The second-order valence-electron chi connectivity index (χ2n) is 7.14. The number of aromatic nitrogens is 2. The van der Waals surface area contributed by atoms with Gasteiger partial charge in [0.1, 0.15) is 5.82 Å². The number of hydrogen-bond acceptors (Lipinski definition) is 3. The molecule has 0 radical (unpaired) electrons. The Labute approximate surface area is 180 Å². The standard InChI is InChI=1S/C25H23ClN4/c1-4-18(29-24-14-20-15(2)22(27)9-10-23(20)30-24)13-21(16(3)26)25-19-8-6-5-7-17(19)11-12-28-25/h4-14,29-30H,3,27H2,1-2H3. The number of fused-ring (bicyclic) bond motifs is 2. The summed E-state index contributed by atoms with van der Waals surface area (Å²) in [4.78, 5) is 7.98. The summed E-state index contributed by atoms with van der Waals surface area (Å²) < 4.78 is 0. The molecule has 0 saturated carbocycles. The third kappa shape index (κ3) is 3.70. The number of aryl methyl sites for hydroxylation is 1. The van der Waals surface area contributed by atoms with Crippen molar-refractivity contribution in [1.29, 1.82) is 0 Å². The molecule has 2 aromatic carbocycles. The molecule has 4 N–H and O–H groups in total. The summed E-state index contributed by atoms with van der Waals surface area (Å²) in [5, 5.41) is 7.08. The average molecular weight is 415 g/mol. The van der Waals surface area contributed by atoms with Gasteiger partial charge in [0.15, 0.2) is 0 Å². The average Bonchev–Trinajstić information content (AvgIpc) is 3.16. The van der Waals surface area contributed by atoms with Gasteiger partial charge in [0.25, 0.3) is 0 Å². The van der Waals surface area contributed by atoms with Crippen molar-refractivity contribution in [3.63, 3.8) is 0 Å². The van der Waals surface area contributed by atoms with Crippen molar-refractivity contribution in [2.24, 2.45) is 0 Å². The summed E-state index contributed by atoms with van der Waals surface area (Å²) in [5.41, 5.74) is 11.4. The van der Waals surface area contributed by atoms with Gasteiger partial charge in [0.2, 0.25) is 0 Å². The van der Waals surface area contributed by atoms with Gasteiger partial charge in [-0.15, -0.1) is 0 Å². The number of rotatable bonds is 5. The van der Waals surface area contributed by atoms with Gasteiger partial charge in [-0.05, 0) is 55.1 Å². The lowest BCUT2D eigenvalue weighted by atomic mass is 10.0. The predicted octanol–water partition coefficient (Wildman–Crippen LogP) is 6.76. The number of hydrogen-bond donors (Lipinski definition) is 3. The normalized spacial score (nSPS) is 12.5. The number of benzene rings is 2. The van der Waals surface area contributed by atoms with Gasteiger partial charge in [0, 0.05) is 44.5 Å². The maximum Gasteiger partial charge on any atom is 0.108 e. The van der Waals surface area contributed by atoms with Gasteiger partial charge in [-0.1, -0.05) is 48.5 Å². The minimum atomic E-state index is 0.431. The van der Waals surface area contributed by atoms with E-state index in [0.717, 1.165) is 55.7 Å². The van der Waals surface area contributed by atoms with Crippen LogP contribution in [-0.2, 0) is 0 Å². The van der Waals surface area contributed by atoms with E-state index in [1.54, 1.807) is 6.20 Å². The minimum Gasteiger partial charge on any atom is -0.398 e. The fourth-order valence-corrected chi connectivity index (χ4v) is 3.69. The first-order chi connectivity index (χ1) is 14.5. The Morgan fingerprint density at radius 2 is 1.97 bits per heavy atom. The second-order valence-corrected chi connectivity index (χ2v) is 7.59. The quantitative estimate of drug-likeness (QED) is 0.249. The lowest BCUT2D eigenvalue weighted by molar-refractivity contribution is 1.30. The second kappa shape index (κ2) is 8.09. The molecule has 0 unspecified atom stereocenters. The van der Waals surface area contributed by atoms with Crippen LogP contribution in [0.4, 0.5) is 11.5 Å². The van der Waals surface area contributed by atoms with E-state index in [4.69, 9.17) is 17.3 Å². The van der Waals surface area contributed by atoms with Crippen molar-refractivity contribution in [1.82, 2.24) is 9.97 Å². The Morgan fingerprint density at radius 3 is 2.73 bits per heavy atom. The maximum absolute atomic E-state index is 6.41. The van der Waals surface area contributed by atoms with Crippen LogP contribution in [0.2, 0.25) is 0 Å². The third-order valence-corrected chi connectivity index (χ3v) is 5.43. The molecule has 0 fully saturated rings. The van der Waals surface area contributed by atoms with Crippen molar-refractivity contribution >= 4 is 50.4 Å². The third-order valence-electron chi connectivity index (χ3n) is 5.23. The Hall–Kier alpha value is -3.50. The molecule has 0 saturated heterocycles. The Morgan fingerprint density at radius 1 is 1.17 bits per heavy atom. The van der Waals surface area contributed by atoms with Crippen LogP contribution in [0.3, 0.4) is 0 Å². The van der Waals surface area contributed by atoms with E-state index in [9.17, 15) is 0 Å². The van der Waals surface area contributed by atoms with Gasteiger partial charge >= 0.3 is 0 Å². The number of nitrogens with zero attached hydrogens (tertiary/aromatic N) is 1. The van der Waals surface area contributed by atoms with Crippen molar-refractivity contribution in [2.45, 2.75) is 13.8 Å². The Bertz CT molecular complexity index is 1320. The van der Waals surface area contributed by atoms with Crippen molar-refractivity contribution in [3.8, 4) is 0 Å². The SMILES string of the molecule is C=C(Cl)C(=CC(=CC)Nc1cc2c(C)c(N)ccc2[nH]1)c1nccc2ccccc12. The molecule has 0 atom stereocenters. The van der Waals surface area contributed by atoms with Crippen LogP contribution >= 0.6 is 11.6 Å². The molecule has 30 heavy (non-hydrogen) atoms. The van der Waals surface area contributed by atoms with Gasteiger partial charge in [-0.3, -0.25) is 4.98 Å². The van der Waals surface area contributed by atoms with Crippen molar-refractivity contribution in [2.75, 3.05) is 11.1 Å². The van der Waals surface area contributed by atoms with Crippen LogP contribution < -0.4 is 11.1 Å². The summed E-state index contributed by atoms with van der Waals surface area (Å²) in [6.45, 7) is 7.96. The first-order valence-corrected chi connectivity index (χ1v) is 10.1. The van der Waals surface area contributed by atoms with E-state index in [1.165, 1.54) is 0 Å². The Kier molecular flexibility index (Phi) is 5.34. The highest BCUT2D eigenvalue weighted by Crippen LogP contribution is 2.31. The number of aromatic amines is 1. The van der Waals surface area contributed by atoms with Crippen molar-refractivity contribution in [3.05, 3.63) is 95.4 Å². The van der Waals surface area contributed by atoms with Crippen LogP contribution in [0.5, 0.6) is 0 Å². The molecular formula is C25H23ClN4. The molecule has 5 heteroatoms. The highest BCUT2D eigenvalue weighted by molar-refractivity contribution is 6.37. The number of H-pyrrole nitrogens is 1. The van der Waals surface area contributed by atoms with Crippen LogP contribution in [0, 0.1) is 6.92 Å². The van der Waals surface area contributed by atoms with Crippen LogP contribution in [-0.4, -0.2) is 9.97 Å². The molecule has 150 valence electrons. The summed E-state index contributed by atoms with van der Waals surface area (Å²) in [5.74, 6) is 0.869. The van der Waals surface area contributed by atoms with Gasteiger partial charge in [-0.2, -0.15) is 0 Å². The van der Waals surface area contributed by atoms with E-state index in [2.05, 4.69) is 34.0 Å². The summed E-state index contributed by atoms with van der Waals surface area (Å²) >= 11 is 6.41. The molecule has 2 aromatic heterocycles. The number of anilines is 2. The topological polar surface area (TPSA) is 66.7 Å². The number of halogens is 1. The minimum absolute atomic E-state index is 0.431. The number of allylic oxidation sites excluding steroid dienone is 4. The molecule has 2 heterocycles. The summed E-state index contributed by atoms with van der Waals surface area (Å²) in [6, 6.07) is 16.0. The smallest absolute Gasteiger partial charge is 0.108 e. The lowest BCUT2D eigenvalue weighted by Gasteiger charge is -2.11. The van der Waals surface area contributed by atoms with Gasteiger partial charge in [-0.25, -0.2) is 0 Å². The first kappa shape index (κ1) is 19.8. The molecule has 0 spiro atoms. The van der Waals surface area contributed by atoms with E-state index < -0.39 is 0 Å². The van der Waals surface area contributed by atoms with E-state index in [0.29, 0.717) is 5.03 Å². The molecule has 0 amide bonds. The van der Waals surface area contributed by atoms with Gasteiger partial charge < -0.3 is 16.0 Å². The number of nitrogens with one attached hydrogen (secondary N) is 2. The fraction of sp³-hybridized carbons (Fsp3) is 0.0800. The monoisotopic (exact) mass is 414 g/mol. The van der Waals surface area contributed by atoms with E-state index in [-0.39, 0.29) is 0 Å². The number of nitrogens with two attached hydrogens (primary N) is 1. The zero-order valence-electron chi connectivity index (χ0n) is 17.0. The first-order valence-electron chi connectivity index (χ1n) is 9.69. The van der Waals surface area contributed by atoms with E-state index in [1.807, 2.05) is 62.4 Å². The zero-order valence-corrected chi connectivity index (χ0v) is 17.7. The molecule has 4 rings (SSSR count). The van der Waals surface area contributed by atoms with Gasteiger partial charge in [0.05, 0.1) is 5.69 Å². The highest BCUT2D eigenvalue weighted by Gasteiger charge is 2.12. The molecule has 0 aliphatic heterocycles. The van der Waals surface area contributed by atoms with Crippen LogP contribution in [0.1, 0.15) is 18.2 Å². The van der Waals surface area contributed by atoms with Crippen molar-refractivity contribution < 1.29 is 0 Å². The van der Waals surface area contributed by atoms with E-state index >= 15 is 0 Å². The number of pyridine rings is 1. The summed E-state index contributed by atoms with van der Waals surface area (Å²) in [7, 11) is 0. The zero-order chi connectivity index (χ0) is 21.3. The molecule has 4 nitrogen and oxygen atoms in total. The molecule has 0 bridgehead atoms. The fourth-order valence-electron chi connectivity index (χ4n) is 3.55. The molecule has 4 aromatic rings. The lowest BCUT2D eigenvalue weighted by Crippen LogP contribution is -1.99. The molecular weight excluding hydrogens is 392 g/mol. The van der Waals surface area contributed by atoms with Crippen LogP contribution in [0.15, 0.2) is 84.2 Å². The van der Waals surface area contributed by atoms with Crippen LogP contribution in [0.25, 0.3) is 27.2 Å². The molecule has 0 aliphatic rings.